The first-order valence-corrected chi connectivity index (χ1v) is 8.55. The van der Waals surface area contributed by atoms with Gasteiger partial charge in [-0.1, -0.05) is 0 Å². The zero-order valence-electron chi connectivity index (χ0n) is 13.1. The summed E-state index contributed by atoms with van der Waals surface area (Å²) in [5.74, 6) is 1.16. The summed E-state index contributed by atoms with van der Waals surface area (Å²) in [6, 6.07) is 0.717. The van der Waals surface area contributed by atoms with Crippen LogP contribution in [0.25, 0.3) is 4.96 Å². The Hall–Kier alpha value is -1.11. The Morgan fingerprint density at radius 1 is 1.52 bits per heavy atom. The number of nitrogens with two attached hydrogens (primary N) is 1. The maximum absolute atomic E-state index is 6.06. The third-order valence-corrected chi connectivity index (χ3v) is 4.84. The minimum atomic E-state index is 0.151. The molecule has 6 heteroatoms. The van der Waals surface area contributed by atoms with Gasteiger partial charge in [0.05, 0.1) is 5.69 Å². The molecule has 21 heavy (non-hydrogen) atoms. The van der Waals surface area contributed by atoms with E-state index in [2.05, 4.69) is 46.8 Å². The molecule has 0 bridgehead atoms. The van der Waals surface area contributed by atoms with Gasteiger partial charge in [0.15, 0.2) is 10.8 Å². The van der Waals surface area contributed by atoms with Crippen LogP contribution in [0.2, 0.25) is 0 Å². The van der Waals surface area contributed by atoms with Gasteiger partial charge in [0, 0.05) is 43.2 Å². The van der Waals surface area contributed by atoms with Crippen LogP contribution in [0, 0.1) is 0 Å². The molecular weight excluding hydrogens is 282 g/mol. The quantitative estimate of drug-likeness (QED) is 0.915. The Labute approximate surface area is 130 Å². The molecule has 3 rings (SSSR count). The number of likely N-dealkylation sites (N-methyl/N-ethyl adjacent to an activating group) is 1. The summed E-state index contributed by atoms with van der Waals surface area (Å²) in [6.45, 7) is 4.26. The van der Waals surface area contributed by atoms with Crippen LogP contribution in [0.4, 0.5) is 5.82 Å². The predicted molar refractivity (Wildman–Crippen MR) is 89.3 cm³/mol. The fraction of sp³-hybridized carbons (Fsp3) is 0.667. The lowest BCUT2D eigenvalue weighted by Gasteiger charge is -2.28. The van der Waals surface area contributed by atoms with Gasteiger partial charge >= 0.3 is 0 Å². The molecule has 1 saturated heterocycles. The van der Waals surface area contributed by atoms with Crippen molar-refractivity contribution in [1.29, 1.82) is 0 Å². The van der Waals surface area contributed by atoms with Crippen LogP contribution < -0.4 is 10.6 Å². The molecule has 0 saturated carbocycles. The van der Waals surface area contributed by atoms with Crippen molar-refractivity contribution in [2.75, 3.05) is 32.1 Å². The van der Waals surface area contributed by atoms with Gasteiger partial charge in [0.1, 0.15) is 0 Å². The zero-order chi connectivity index (χ0) is 15.0. The molecule has 2 atom stereocenters. The van der Waals surface area contributed by atoms with Crippen LogP contribution in [0.1, 0.15) is 25.5 Å². The van der Waals surface area contributed by atoms with Crippen molar-refractivity contribution < 1.29 is 0 Å². The van der Waals surface area contributed by atoms with Gasteiger partial charge in [-0.3, -0.25) is 4.40 Å². The summed E-state index contributed by atoms with van der Waals surface area (Å²) in [4.78, 5) is 10.7. The van der Waals surface area contributed by atoms with Crippen LogP contribution >= 0.6 is 11.3 Å². The van der Waals surface area contributed by atoms with Gasteiger partial charge in [0.25, 0.3) is 0 Å². The van der Waals surface area contributed by atoms with Gasteiger partial charge in [-0.15, -0.1) is 11.3 Å². The standard InChI is InChI=1S/C15H25N5S/c1-11(16)9-13-14(17-15-20(13)7-8-21-15)19-6-4-5-12(19)10-18(2)3/h7-8,11-12H,4-6,9-10,16H2,1-3H3. The average Bonchev–Trinajstić information content (AvgIpc) is 3.05. The van der Waals surface area contributed by atoms with E-state index < -0.39 is 0 Å². The number of anilines is 1. The minimum absolute atomic E-state index is 0.151. The number of imidazole rings is 1. The van der Waals surface area contributed by atoms with Crippen molar-refractivity contribution in [3.05, 3.63) is 17.3 Å². The molecule has 0 radical (unpaired) electrons. The number of rotatable bonds is 5. The molecule has 0 aromatic carbocycles. The summed E-state index contributed by atoms with van der Waals surface area (Å²) in [5.41, 5.74) is 7.33. The number of hydrogen-bond donors (Lipinski definition) is 1. The van der Waals surface area contributed by atoms with Gasteiger partial charge in [-0.2, -0.15) is 0 Å². The number of hydrogen-bond acceptors (Lipinski definition) is 5. The van der Waals surface area contributed by atoms with Crippen LogP contribution in [-0.4, -0.2) is 53.6 Å². The summed E-state index contributed by atoms with van der Waals surface area (Å²) < 4.78 is 2.22. The largest absolute Gasteiger partial charge is 0.351 e. The second kappa shape index (κ2) is 5.94. The van der Waals surface area contributed by atoms with E-state index in [1.165, 1.54) is 18.5 Å². The van der Waals surface area contributed by atoms with E-state index in [9.17, 15) is 0 Å². The monoisotopic (exact) mass is 307 g/mol. The minimum Gasteiger partial charge on any atom is -0.351 e. The summed E-state index contributed by atoms with van der Waals surface area (Å²) >= 11 is 1.70. The highest BCUT2D eigenvalue weighted by Gasteiger charge is 2.30. The average molecular weight is 307 g/mol. The maximum Gasteiger partial charge on any atom is 0.195 e. The zero-order valence-corrected chi connectivity index (χ0v) is 13.9. The fourth-order valence-corrected chi connectivity index (χ4v) is 4.00. The second-order valence-electron chi connectivity index (χ2n) is 6.37. The SMILES string of the molecule is CC(N)Cc1c(N2CCCC2CN(C)C)nc2sccn12. The van der Waals surface area contributed by atoms with Gasteiger partial charge in [-0.25, -0.2) is 4.98 Å². The van der Waals surface area contributed by atoms with Crippen LogP contribution in [0.5, 0.6) is 0 Å². The molecule has 3 heterocycles. The second-order valence-corrected chi connectivity index (χ2v) is 7.24. The summed E-state index contributed by atoms with van der Waals surface area (Å²) in [5, 5.41) is 2.10. The van der Waals surface area contributed by atoms with Gasteiger partial charge in [0.2, 0.25) is 0 Å². The molecule has 2 unspecified atom stereocenters. The molecule has 0 spiro atoms. The molecule has 1 aliphatic heterocycles. The van der Waals surface area contributed by atoms with Gasteiger partial charge < -0.3 is 15.5 Å². The van der Waals surface area contributed by atoms with Gasteiger partial charge in [-0.05, 0) is 33.9 Å². The molecule has 5 nitrogen and oxygen atoms in total. The summed E-state index contributed by atoms with van der Waals surface area (Å²) in [6.07, 6.45) is 5.49. The number of aromatic nitrogens is 2. The topological polar surface area (TPSA) is 49.8 Å². The van der Waals surface area contributed by atoms with Crippen molar-refractivity contribution in [1.82, 2.24) is 14.3 Å². The first kappa shape index (κ1) is 14.8. The van der Waals surface area contributed by atoms with E-state index >= 15 is 0 Å². The molecular formula is C15H25N5S. The fourth-order valence-electron chi connectivity index (χ4n) is 3.27. The first-order chi connectivity index (χ1) is 10.1. The number of nitrogens with zero attached hydrogens (tertiary/aromatic N) is 4. The van der Waals surface area contributed by atoms with E-state index in [-0.39, 0.29) is 6.04 Å². The molecule has 2 N–H and O–H groups in total. The third kappa shape index (κ3) is 2.93. The Morgan fingerprint density at radius 3 is 3.05 bits per heavy atom. The summed E-state index contributed by atoms with van der Waals surface area (Å²) in [7, 11) is 4.29. The van der Waals surface area contributed by atoms with Crippen molar-refractivity contribution >= 4 is 22.1 Å². The molecule has 1 aliphatic rings. The van der Waals surface area contributed by atoms with E-state index in [0.29, 0.717) is 6.04 Å². The number of fused-ring (bicyclic) bond motifs is 1. The maximum atomic E-state index is 6.06. The van der Waals surface area contributed by atoms with Crippen LogP contribution in [-0.2, 0) is 6.42 Å². The molecule has 0 aliphatic carbocycles. The van der Waals surface area contributed by atoms with E-state index in [1.54, 1.807) is 11.3 Å². The number of thiazole rings is 1. The molecule has 2 aromatic heterocycles. The smallest absolute Gasteiger partial charge is 0.195 e. The lowest BCUT2D eigenvalue weighted by molar-refractivity contribution is 0.371. The first-order valence-electron chi connectivity index (χ1n) is 7.67. The normalized spacial score (nSPS) is 20.8. The van der Waals surface area contributed by atoms with Crippen molar-refractivity contribution in [2.24, 2.45) is 5.73 Å². The van der Waals surface area contributed by atoms with Crippen molar-refractivity contribution in [2.45, 2.75) is 38.3 Å². The van der Waals surface area contributed by atoms with Crippen molar-refractivity contribution in [3.8, 4) is 0 Å². The van der Waals surface area contributed by atoms with Crippen LogP contribution in [0.3, 0.4) is 0 Å². The van der Waals surface area contributed by atoms with Crippen LogP contribution in [0.15, 0.2) is 11.6 Å². The van der Waals surface area contributed by atoms with E-state index in [1.807, 2.05) is 0 Å². The highest BCUT2D eigenvalue weighted by atomic mass is 32.1. The Morgan fingerprint density at radius 2 is 2.33 bits per heavy atom. The molecule has 1 fully saturated rings. The lowest BCUT2D eigenvalue weighted by atomic mass is 10.1. The Kier molecular flexibility index (Phi) is 4.19. The molecule has 2 aromatic rings. The van der Waals surface area contributed by atoms with Crippen molar-refractivity contribution in [3.63, 3.8) is 0 Å². The molecule has 0 amide bonds. The molecule has 116 valence electrons. The predicted octanol–water partition coefficient (Wildman–Crippen LogP) is 1.82. The van der Waals surface area contributed by atoms with E-state index in [0.717, 1.165) is 30.3 Å². The highest BCUT2D eigenvalue weighted by molar-refractivity contribution is 7.15. The Bertz CT molecular complexity index is 600. The Balaban J connectivity index is 1.96. The third-order valence-electron chi connectivity index (χ3n) is 4.08. The lowest BCUT2D eigenvalue weighted by Crippen LogP contribution is -2.38. The van der Waals surface area contributed by atoms with E-state index in [4.69, 9.17) is 10.7 Å². The highest BCUT2D eigenvalue weighted by Crippen LogP contribution is 2.31.